The minimum absolute atomic E-state index is 0.0926. The summed E-state index contributed by atoms with van der Waals surface area (Å²) in [6.07, 6.45) is 1.66. The quantitative estimate of drug-likeness (QED) is 0.927. The lowest BCUT2D eigenvalue weighted by Crippen LogP contribution is -2.48. The molecule has 130 valence electrons. The Morgan fingerprint density at radius 3 is 2.92 bits per heavy atom. The highest BCUT2D eigenvalue weighted by atomic mass is 19.1. The van der Waals surface area contributed by atoms with Gasteiger partial charge in [-0.15, -0.1) is 0 Å². The first-order valence-electron chi connectivity index (χ1n) is 8.18. The van der Waals surface area contributed by atoms with Gasteiger partial charge in [-0.2, -0.15) is 5.26 Å². The van der Waals surface area contributed by atoms with Crippen LogP contribution in [0.3, 0.4) is 0 Å². The molecule has 3 rings (SSSR count). The van der Waals surface area contributed by atoms with E-state index in [9.17, 15) is 9.18 Å². The lowest BCUT2D eigenvalue weighted by atomic mass is 10.0. The summed E-state index contributed by atoms with van der Waals surface area (Å²) in [5.74, 6) is -0.152. The molecule has 0 aliphatic carbocycles. The standard InChI is InChI=1S/C18H19FN4O2/c1-11-17(12(2)25-22-11)18(24)21-14-4-3-7-23(10-14)16-6-5-13(9-20)8-15(16)19/h5-6,8,14H,3-4,7,10H2,1-2H3,(H,21,24)/t14-/m0/s1. The van der Waals surface area contributed by atoms with E-state index in [4.69, 9.17) is 9.78 Å². The predicted octanol–water partition coefficient (Wildman–Crippen LogP) is 2.70. The van der Waals surface area contributed by atoms with E-state index in [-0.39, 0.29) is 11.9 Å². The minimum Gasteiger partial charge on any atom is -0.367 e. The van der Waals surface area contributed by atoms with Gasteiger partial charge in [0.2, 0.25) is 0 Å². The van der Waals surface area contributed by atoms with Gasteiger partial charge in [0.05, 0.1) is 23.0 Å². The molecule has 1 aromatic heterocycles. The maximum atomic E-state index is 14.2. The zero-order chi connectivity index (χ0) is 18.0. The molecule has 1 atom stereocenters. The summed E-state index contributed by atoms with van der Waals surface area (Å²) in [4.78, 5) is 14.4. The molecule has 0 spiro atoms. The minimum atomic E-state index is -0.420. The fourth-order valence-electron chi connectivity index (χ4n) is 3.21. The molecule has 1 aromatic carbocycles. The summed E-state index contributed by atoms with van der Waals surface area (Å²) in [5, 5.41) is 15.6. The number of nitrogens with one attached hydrogen (secondary N) is 1. The molecule has 2 heterocycles. The average Bonchev–Trinajstić information content (AvgIpc) is 2.93. The van der Waals surface area contributed by atoms with E-state index in [2.05, 4.69) is 10.5 Å². The van der Waals surface area contributed by atoms with E-state index in [0.717, 1.165) is 12.8 Å². The maximum Gasteiger partial charge on any atom is 0.257 e. The number of nitriles is 1. The van der Waals surface area contributed by atoms with Crippen LogP contribution in [0.25, 0.3) is 0 Å². The van der Waals surface area contributed by atoms with Crippen molar-refractivity contribution in [3.63, 3.8) is 0 Å². The molecule has 0 bridgehead atoms. The Bertz CT molecular complexity index is 821. The Morgan fingerprint density at radius 1 is 1.48 bits per heavy atom. The number of benzene rings is 1. The number of carbonyl (C=O) groups excluding carboxylic acids is 1. The Morgan fingerprint density at radius 2 is 2.28 bits per heavy atom. The molecule has 0 unspecified atom stereocenters. The van der Waals surface area contributed by atoms with Crippen molar-refractivity contribution in [2.75, 3.05) is 18.0 Å². The van der Waals surface area contributed by atoms with E-state index < -0.39 is 5.82 Å². The zero-order valence-electron chi connectivity index (χ0n) is 14.2. The molecule has 0 saturated carbocycles. The Balaban J connectivity index is 1.71. The van der Waals surface area contributed by atoms with Crippen LogP contribution in [0.1, 0.15) is 40.2 Å². The van der Waals surface area contributed by atoms with E-state index in [0.29, 0.717) is 41.4 Å². The van der Waals surface area contributed by atoms with Gasteiger partial charge in [0.25, 0.3) is 5.91 Å². The molecule has 1 N–H and O–H groups in total. The van der Waals surface area contributed by atoms with Gasteiger partial charge in [-0.05, 0) is 44.9 Å². The molecule has 2 aromatic rings. The highest BCUT2D eigenvalue weighted by molar-refractivity contribution is 5.96. The van der Waals surface area contributed by atoms with Crippen LogP contribution in [0.2, 0.25) is 0 Å². The second-order valence-electron chi connectivity index (χ2n) is 6.24. The molecular formula is C18H19FN4O2. The van der Waals surface area contributed by atoms with Crippen molar-refractivity contribution in [1.29, 1.82) is 5.26 Å². The summed E-state index contributed by atoms with van der Waals surface area (Å²) in [5.41, 5.74) is 1.76. The van der Waals surface area contributed by atoms with Crippen LogP contribution in [0.5, 0.6) is 0 Å². The third kappa shape index (κ3) is 3.48. The van der Waals surface area contributed by atoms with Crippen molar-refractivity contribution >= 4 is 11.6 Å². The SMILES string of the molecule is Cc1noc(C)c1C(=O)N[C@H]1CCCN(c2ccc(C#N)cc2F)C1. The molecule has 6 nitrogen and oxygen atoms in total. The van der Waals surface area contributed by atoms with Crippen LogP contribution >= 0.6 is 0 Å². The summed E-state index contributed by atoms with van der Waals surface area (Å²) < 4.78 is 19.3. The summed E-state index contributed by atoms with van der Waals surface area (Å²) in [6, 6.07) is 6.29. The molecule has 1 aliphatic rings. The van der Waals surface area contributed by atoms with Gasteiger partial charge in [0.15, 0.2) is 0 Å². The fourth-order valence-corrected chi connectivity index (χ4v) is 3.21. The van der Waals surface area contributed by atoms with Crippen molar-refractivity contribution in [2.24, 2.45) is 0 Å². The maximum absolute atomic E-state index is 14.2. The summed E-state index contributed by atoms with van der Waals surface area (Å²) in [7, 11) is 0. The van der Waals surface area contributed by atoms with Crippen LogP contribution in [0.4, 0.5) is 10.1 Å². The average molecular weight is 342 g/mol. The van der Waals surface area contributed by atoms with E-state index in [1.54, 1.807) is 26.0 Å². The van der Waals surface area contributed by atoms with Gasteiger partial charge in [-0.3, -0.25) is 4.79 Å². The third-order valence-corrected chi connectivity index (χ3v) is 4.43. The van der Waals surface area contributed by atoms with E-state index >= 15 is 0 Å². The van der Waals surface area contributed by atoms with Crippen LogP contribution in [-0.2, 0) is 0 Å². The first-order valence-corrected chi connectivity index (χ1v) is 8.18. The molecule has 1 amide bonds. The first kappa shape index (κ1) is 17.0. The molecule has 1 aliphatic heterocycles. The van der Waals surface area contributed by atoms with Crippen LogP contribution in [0.15, 0.2) is 22.7 Å². The molecule has 25 heavy (non-hydrogen) atoms. The molecule has 1 fully saturated rings. The van der Waals surface area contributed by atoms with E-state index in [1.807, 2.05) is 11.0 Å². The lowest BCUT2D eigenvalue weighted by molar-refractivity contribution is 0.0931. The van der Waals surface area contributed by atoms with Crippen molar-refractivity contribution in [3.8, 4) is 6.07 Å². The smallest absolute Gasteiger partial charge is 0.257 e. The number of rotatable bonds is 3. The fraction of sp³-hybridized carbons (Fsp3) is 0.389. The van der Waals surface area contributed by atoms with E-state index in [1.165, 1.54) is 6.07 Å². The van der Waals surface area contributed by atoms with Gasteiger partial charge in [-0.25, -0.2) is 4.39 Å². The highest BCUT2D eigenvalue weighted by Crippen LogP contribution is 2.24. The number of amides is 1. The number of nitrogens with zero attached hydrogens (tertiary/aromatic N) is 3. The number of carbonyl (C=O) groups is 1. The van der Waals surface area contributed by atoms with Gasteiger partial charge >= 0.3 is 0 Å². The monoisotopic (exact) mass is 342 g/mol. The number of hydrogen-bond donors (Lipinski definition) is 1. The highest BCUT2D eigenvalue weighted by Gasteiger charge is 2.26. The molecule has 7 heteroatoms. The van der Waals surface area contributed by atoms with Gasteiger partial charge in [-0.1, -0.05) is 5.16 Å². The Kier molecular flexibility index (Phi) is 4.70. The number of aryl methyl sites for hydroxylation is 2. The largest absolute Gasteiger partial charge is 0.367 e. The number of halogens is 1. The van der Waals surface area contributed by atoms with Crippen molar-refractivity contribution in [1.82, 2.24) is 10.5 Å². The Hall–Kier alpha value is -2.88. The normalized spacial score (nSPS) is 17.2. The number of piperidine rings is 1. The van der Waals surface area contributed by atoms with Crippen molar-refractivity contribution < 1.29 is 13.7 Å². The zero-order valence-corrected chi connectivity index (χ0v) is 14.2. The van der Waals surface area contributed by atoms with Gasteiger partial charge < -0.3 is 14.7 Å². The van der Waals surface area contributed by atoms with Gasteiger partial charge in [0.1, 0.15) is 17.1 Å². The van der Waals surface area contributed by atoms with Gasteiger partial charge in [0, 0.05) is 19.1 Å². The summed E-state index contributed by atoms with van der Waals surface area (Å²) in [6.45, 7) is 4.65. The molecule has 0 radical (unpaired) electrons. The van der Waals surface area contributed by atoms with Crippen LogP contribution < -0.4 is 10.2 Å². The Labute approximate surface area is 145 Å². The van der Waals surface area contributed by atoms with Crippen molar-refractivity contribution in [2.45, 2.75) is 32.7 Å². The van der Waals surface area contributed by atoms with Crippen LogP contribution in [0, 0.1) is 31.0 Å². The summed E-state index contributed by atoms with van der Waals surface area (Å²) >= 11 is 0. The van der Waals surface area contributed by atoms with Crippen LogP contribution in [-0.4, -0.2) is 30.2 Å². The number of anilines is 1. The second kappa shape index (κ2) is 6.93. The number of hydrogen-bond acceptors (Lipinski definition) is 5. The molecule has 1 saturated heterocycles. The topological polar surface area (TPSA) is 82.2 Å². The predicted molar refractivity (Wildman–Crippen MR) is 89.8 cm³/mol. The van der Waals surface area contributed by atoms with Crippen molar-refractivity contribution in [3.05, 3.63) is 46.6 Å². The molecular weight excluding hydrogens is 323 g/mol. The third-order valence-electron chi connectivity index (χ3n) is 4.43. The lowest BCUT2D eigenvalue weighted by Gasteiger charge is -2.35. The first-order chi connectivity index (χ1) is 12.0. The second-order valence-corrected chi connectivity index (χ2v) is 6.24. The number of aromatic nitrogens is 1.